The summed E-state index contributed by atoms with van der Waals surface area (Å²) >= 11 is 1.34. The van der Waals surface area contributed by atoms with E-state index in [2.05, 4.69) is 24.1 Å². The van der Waals surface area contributed by atoms with Crippen molar-refractivity contribution in [3.05, 3.63) is 18.3 Å². The lowest BCUT2D eigenvalue weighted by atomic mass is 9.78. The van der Waals surface area contributed by atoms with Crippen LogP contribution < -0.4 is 5.32 Å². The summed E-state index contributed by atoms with van der Waals surface area (Å²) in [5, 5.41) is 3.83. The summed E-state index contributed by atoms with van der Waals surface area (Å²) < 4.78 is 27.3. The zero-order valence-electron chi connectivity index (χ0n) is 18.3. The molecule has 2 aliphatic carbocycles. The molecule has 1 amide bonds. The first-order valence-electron chi connectivity index (χ1n) is 11.2. The first-order valence-corrected chi connectivity index (χ1v) is 13.6. The molecule has 1 aromatic rings. The molecule has 3 rings (SSSR count). The van der Waals surface area contributed by atoms with Crippen molar-refractivity contribution in [2.45, 2.75) is 87.2 Å². The second-order valence-electron chi connectivity index (χ2n) is 8.88. The number of nitrogens with zero attached hydrogens (tertiary/aromatic N) is 2. The van der Waals surface area contributed by atoms with Crippen molar-refractivity contribution >= 4 is 27.7 Å². The molecule has 30 heavy (non-hydrogen) atoms. The van der Waals surface area contributed by atoms with E-state index in [4.69, 9.17) is 0 Å². The van der Waals surface area contributed by atoms with E-state index < -0.39 is 10.0 Å². The predicted octanol–water partition coefficient (Wildman–Crippen LogP) is 4.07. The number of thioether (sulfide) groups is 1. The Morgan fingerprint density at radius 2 is 1.87 bits per heavy atom. The molecule has 0 bridgehead atoms. The summed E-state index contributed by atoms with van der Waals surface area (Å²) in [7, 11) is -1.86. The van der Waals surface area contributed by atoms with Gasteiger partial charge in [0.1, 0.15) is 4.90 Å². The number of hydrogen-bond acceptors (Lipinski definition) is 5. The molecule has 8 heteroatoms. The van der Waals surface area contributed by atoms with Crippen LogP contribution in [-0.2, 0) is 14.8 Å². The average molecular weight is 454 g/mol. The summed E-state index contributed by atoms with van der Waals surface area (Å²) in [6.07, 6.45) is 10.0. The number of aromatic nitrogens is 1. The van der Waals surface area contributed by atoms with Crippen molar-refractivity contribution in [2.75, 3.05) is 12.8 Å². The van der Waals surface area contributed by atoms with E-state index in [-0.39, 0.29) is 22.9 Å². The molecule has 168 valence electrons. The van der Waals surface area contributed by atoms with Gasteiger partial charge in [0.25, 0.3) is 0 Å². The highest BCUT2D eigenvalue weighted by atomic mass is 32.2. The van der Waals surface area contributed by atoms with Gasteiger partial charge in [-0.05, 0) is 43.2 Å². The van der Waals surface area contributed by atoms with Crippen LogP contribution in [0.1, 0.15) is 65.2 Å². The van der Waals surface area contributed by atoms with Crippen molar-refractivity contribution in [3.63, 3.8) is 0 Å². The van der Waals surface area contributed by atoms with E-state index in [1.165, 1.54) is 35.1 Å². The highest BCUT2D eigenvalue weighted by molar-refractivity contribution is 7.99. The largest absolute Gasteiger partial charge is 0.352 e. The van der Waals surface area contributed by atoms with Gasteiger partial charge in [-0.3, -0.25) is 4.79 Å². The number of rotatable bonds is 7. The Balaban J connectivity index is 1.53. The zero-order valence-corrected chi connectivity index (χ0v) is 20.0. The van der Waals surface area contributed by atoms with Crippen molar-refractivity contribution < 1.29 is 13.2 Å². The van der Waals surface area contributed by atoms with E-state index in [1.807, 2.05) is 0 Å². The molecule has 0 radical (unpaired) electrons. The second-order valence-corrected chi connectivity index (χ2v) is 11.9. The Bertz CT molecular complexity index is 807. The Labute approximate surface area is 185 Å². The van der Waals surface area contributed by atoms with Gasteiger partial charge in [0.05, 0.1) is 10.8 Å². The van der Waals surface area contributed by atoms with Gasteiger partial charge in [0.2, 0.25) is 15.9 Å². The first-order chi connectivity index (χ1) is 14.3. The van der Waals surface area contributed by atoms with Crippen LogP contribution in [0.4, 0.5) is 0 Å². The molecule has 2 aliphatic rings. The molecule has 1 heterocycles. The molecule has 0 aliphatic heterocycles. The van der Waals surface area contributed by atoms with Crippen LogP contribution in [0, 0.1) is 11.8 Å². The maximum atomic E-state index is 12.9. The summed E-state index contributed by atoms with van der Waals surface area (Å²) in [6, 6.07) is 3.63. The van der Waals surface area contributed by atoms with Crippen LogP contribution in [0.15, 0.2) is 28.3 Å². The summed E-state index contributed by atoms with van der Waals surface area (Å²) in [6.45, 7) is 4.47. The van der Waals surface area contributed by atoms with Crippen molar-refractivity contribution in [1.29, 1.82) is 0 Å². The zero-order chi connectivity index (χ0) is 21.7. The number of carbonyl (C=O) groups excluding carboxylic acids is 1. The molecule has 0 saturated heterocycles. The lowest BCUT2D eigenvalue weighted by molar-refractivity contribution is -0.120. The molecule has 1 N–H and O–H groups in total. The SMILES string of the molecule is C[C@H]1[C@H](C)CCC[C@@H]1NC(=O)CSc1ccc(S(=O)(=O)N(C)C2CCCCC2)cn1. The van der Waals surface area contributed by atoms with Gasteiger partial charge in [-0.1, -0.05) is 57.7 Å². The van der Waals surface area contributed by atoms with Gasteiger partial charge >= 0.3 is 0 Å². The molecule has 0 aromatic carbocycles. The van der Waals surface area contributed by atoms with E-state index in [9.17, 15) is 13.2 Å². The van der Waals surface area contributed by atoms with Crippen LogP contribution in [-0.4, -0.2) is 48.5 Å². The Kier molecular flexibility index (Phi) is 8.21. The standard InChI is InChI=1S/C22H35N3O3S2/c1-16-8-7-11-20(17(16)2)24-21(26)15-29-22-13-12-19(14-23-22)30(27,28)25(3)18-9-5-4-6-10-18/h12-14,16-18,20H,4-11,15H2,1-3H3,(H,24,26)/t16-,17+,20+/m1/s1. The van der Waals surface area contributed by atoms with Gasteiger partial charge < -0.3 is 5.32 Å². The highest BCUT2D eigenvalue weighted by Crippen LogP contribution is 2.30. The maximum Gasteiger partial charge on any atom is 0.244 e. The van der Waals surface area contributed by atoms with Crippen molar-refractivity contribution in [3.8, 4) is 0 Å². The number of amides is 1. The summed E-state index contributed by atoms with van der Waals surface area (Å²) in [4.78, 5) is 16.9. The van der Waals surface area contributed by atoms with Gasteiger partial charge in [-0.2, -0.15) is 4.31 Å². The third-order valence-electron chi connectivity index (χ3n) is 6.88. The highest BCUT2D eigenvalue weighted by Gasteiger charge is 2.30. The minimum atomic E-state index is -3.53. The van der Waals surface area contributed by atoms with Crippen LogP contribution >= 0.6 is 11.8 Å². The molecule has 2 fully saturated rings. The van der Waals surface area contributed by atoms with Gasteiger partial charge in [0.15, 0.2) is 0 Å². The van der Waals surface area contributed by atoms with Crippen molar-refractivity contribution in [2.24, 2.45) is 11.8 Å². The van der Waals surface area contributed by atoms with Gasteiger partial charge in [0, 0.05) is 25.3 Å². The third-order valence-corrected chi connectivity index (χ3v) is 9.72. The molecule has 6 nitrogen and oxygen atoms in total. The fraction of sp³-hybridized carbons (Fsp3) is 0.727. The number of carbonyl (C=O) groups is 1. The number of hydrogen-bond donors (Lipinski definition) is 1. The van der Waals surface area contributed by atoms with Crippen LogP contribution in [0.2, 0.25) is 0 Å². The molecule has 0 spiro atoms. The lowest BCUT2D eigenvalue weighted by Gasteiger charge is -2.34. The van der Waals surface area contributed by atoms with E-state index >= 15 is 0 Å². The monoisotopic (exact) mass is 453 g/mol. The van der Waals surface area contributed by atoms with E-state index in [0.29, 0.717) is 22.6 Å². The fourth-order valence-corrected chi connectivity index (χ4v) is 6.60. The summed E-state index contributed by atoms with van der Waals surface area (Å²) in [5.41, 5.74) is 0. The molecule has 0 unspecified atom stereocenters. The smallest absolute Gasteiger partial charge is 0.244 e. The quantitative estimate of drug-likeness (QED) is 0.630. The molecule has 1 aromatic heterocycles. The number of sulfonamides is 1. The normalized spacial score (nSPS) is 25.9. The van der Waals surface area contributed by atoms with Crippen LogP contribution in [0.3, 0.4) is 0 Å². The van der Waals surface area contributed by atoms with Crippen LogP contribution in [0.5, 0.6) is 0 Å². The Morgan fingerprint density at radius 1 is 1.13 bits per heavy atom. The van der Waals surface area contributed by atoms with E-state index in [1.54, 1.807) is 19.2 Å². The molecular formula is C22H35N3O3S2. The van der Waals surface area contributed by atoms with Crippen molar-refractivity contribution in [1.82, 2.24) is 14.6 Å². The minimum Gasteiger partial charge on any atom is -0.352 e. The maximum absolute atomic E-state index is 12.9. The minimum absolute atomic E-state index is 0.0153. The first kappa shape index (κ1) is 23.5. The van der Waals surface area contributed by atoms with Gasteiger partial charge in [-0.25, -0.2) is 13.4 Å². The summed E-state index contributed by atoms with van der Waals surface area (Å²) in [5.74, 6) is 1.44. The second kappa shape index (κ2) is 10.5. The van der Waals surface area contributed by atoms with E-state index in [0.717, 1.165) is 38.5 Å². The van der Waals surface area contributed by atoms with Crippen LogP contribution in [0.25, 0.3) is 0 Å². The lowest BCUT2D eigenvalue weighted by Crippen LogP contribution is -2.44. The number of nitrogens with one attached hydrogen (secondary N) is 1. The predicted molar refractivity (Wildman–Crippen MR) is 121 cm³/mol. The Morgan fingerprint density at radius 3 is 2.53 bits per heavy atom. The topological polar surface area (TPSA) is 79.4 Å². The number of pyridine rings is 1. The third kappa shape index (κ3) is 5.77. The Hall–Kier alpha value is -1.12. The molecule has 3 atom stereocenters. The average Bonchev–Trinajstić information content (AvgIpc) is 2.76. The fourth-order valence-electron chi connectivity index (χ4n) is 4.59. The molecule has 2 saturated carbocycles. The molecular weight excluding hydrogens is 418 g/mol. The van der Waals surface area contributed by atoms with Gasteiger partial charge in [-0.15, -0.1) is 0 Å².